The smallest absolute Gasteiger partial charge is 0.218 e. The number of hydrogen-bond donors (Lipinski definition) is 2. The van der Waals surface area contributed by atoms with E-state index in [1.165, 1.54) is 5.56 Å². The monoisotopic (exact) mass is 313 g/mol. The van der Waals surface area contributed by atoms with Crippen LogP contribution in [0.2, 0.25) is 5.02 Å². The lowest BCUT2D eigenvalue weighted by molar-refractivity contribution is 0.459. The van der Waals surface area contributed by atoms with Crippen molar-refractivity contribution in [1.29, 1.82) is 0 Å². The number of nitrogens with one attached hydrogen (secondary N) is 1. The van der Waals surface area contributed by atoms with Crippen molar-refractivity contribution in [2.75, 3.05) is 0 Å². The van der Waals surface area contributed by atoms with Crippen LogP contribution in [0.15, 0.2) is 52.7 Å². The molecule has 0 aliphatic carbocycles. The first-order chi connectivity index (χ1) is 10.6. The maximum atomic E-state index is 10.1. The van der Waals surface area contributed by atoms with Gasteiger partial charge < -0.3 is 10.1 Å². The number of aromatic nitrogens is 1. The van der Waals surface area contributed by atoms with Gasteiger partial charge in [0.15, 0.2) is 5.69 Å². The molecule has 2 aromatic carbocycles. The van der Waals surface area contributed by atoms with E-state index in [0.717, 1.165) is 10.9 Å². The molecule has 0 atom stereocenters. The second-order valence-corrected chi connectivity index (χ2v) is 5.84. The minimum Gasteiger partial charge on any atom is -0.493 e. The molecule has 1 aromatic heterocycles. The lowest BCUT2D eigenvalue weighted by Crippen LogP contribution is -1.85. The molecular weight excluding hydrogens is 298 g/mol. The number of aromatic hydroxyl groups is 1. The number of fused-ring (bicyclic) bond motifs is 1. The number of H-pyrrole nitrogens is 1. The van der Waals surface area contributed by atoms with Gasteiger partial charge in [-0.05, 0) is 35.7 Å². The predicted molar refractivity (Wildman–Crippen MR) is 89.7 cm³/mol. The summed E-state index contributed by atoms with van der Waals surface area (Å²) in [7, 11) is 0. The van der Waals surface area contributed by atoms with Gasteiger partial charge in [0.2, 0.25) is 5.88 Å². The van der Waals surface area contributed by atoms with Crippen LogP contribution in [0.1, 0.15) is 25.3 Å². The van der Waals surface area contributed by atoms with E-state index in [4.69, 9.17) is 11.6 Å². The summed E-state index contributed by atoms with van der Waals surface area (Å²) in [5, 5.41) is 19.8. The number of nitrogens with zero attached hydrogens (tertiary/aromatic N) is 2. The van der Waals surface area contributed by atoms with Crippen molar-refractivity contribution in [2.45, 2.75) is 19.8 Å². The average molecular weight is 314 g/mol. The molecule has 0 radical (unpaired) electrons. The average Bonchev–Trinajstić information content (AvgIpc) is 2.81. The first-order valence-electron chi connectivity index (χ1n) is 7.07. The van der Waals surface area contributed by atoms with Crippen LogP contribution in [0.5, 0.6) is 5.88 Å². The Morgan fingerprint density at radius 1 is 1.09 bits per heavy atom. The van der Waals surface area contributed by atoms with Crippen LogP contribution in [0.4, 0.5) is 11.4 Å². The molecule has 4 nitrogen and oxygen atoms in total. The quantitative estimate of drug-likeness (QED) is 0.567. The fourth-order valence-corrected chi connectivity index (χ4v) is 2.45. The predicted octanol–water partition coefficient (Wildman–Crippen LogP) is 6.07. The van der Waals surface area contributed by atoms with Crippen molar-refractivity contribution < 1.29 is 5.11 Å². The molecule has 0 bridgehead atoms. The minimum absolute atomic E-state index is 0.00621. The highest BCUT2D eigenvalue weighted by Crippen LogP contribution is 2.38. The summed E-state index contributed by atoms with van der Waals surface area (Å²) in [6, 6.07) is 13.2. The van der Waals surface area contributed by atoms with E-state index in [0.29, 0.717) is 22.3 Å². The molecule has 0 unspecified atom stereocenters. The zero-order valence-electron chi connectivity index (χ0n) is 12.3. The number of rotatable bonds is 3. The molecule has 3 rings (SSSR count). The Morgan fingerprint density at radius 3 is 2.59 bits per heavy atom. The molecule has 2 N–H and O–H groups in total. The number of aromatic amines is 1. The fraction of sp³-hybridized carbons (Fsp3) is 0.176. The van der Waals surface area contributed by atoms with Crippen LogP contribution >= 0.6 is 11.6 Å². The van der Waals surface area contributed by atoms with Crippen molar-refractivity contribution in [3.05, 3.63) is 53.1 Å². The van der Waals surface area contributed by atoms with Gasteiger partial charge in [-0.2, -0.15) is 0 Å². The van der Waals surface area contributed by atoms with Gasteiger partial charge in [-0.1, -0.05) is 43.6 Å². The van der Waals surface area contributed by atoms with Gasteiger partial charge in [0, 0.05) is 5.39 Å². The summed E-state index contributed by atoms with van der Waals surface area (Å²) < 4.78 is 0. The maximum absolute atomic E-state index is 10.1. The van der Waals surface area contributed by atoms with E-state index in [-0.39, 0.29) is 5.88 Å². The molecule has 0 aliphatic heterocycles. The highest BCUT2D eigenvalue weighted by Gasteiger charge is 2.12. The van der Waals surface area contributed by atoms with Crippen LogP contribution in [0.25, 0.3) is 10.9 Å². The third-order valence-electron chi connectivity index (χ3n) is 3.55. The minimum atomic E-state index is 0.00621. The van der Waals surface area contributed by atoms with Crippen molar-refractivity contribution in [3.63, 3.8) is 0 Å². The summed E-state index contributed by atoms with van der Waals surface area (Å²) in [5.74, 6) is 0.404. The van der Waals surface area contributed by atoms with Gasteiger partial charge >= 0.3 is 0 Å². The largest absolute Gasteiger partial charge is 0.493 e. The Kier molecular flexibility index (Phi) is 3.86. The molecular formula is C17H16ClN3O. The van der Waals surface area contributed by atoms with E-state index >= 15 is 0 Å². The summed E-state index contributed by atoms with van der Waals surface area (Å²) in [6.45, 7) is 4.25. The Balaban J connectivity index is 2.08. The van der Waals surface area contributed by atoms with Crippen molar-refractivity contribution in [2.24, 2.45) is 10.2 Å². The second-order valence-electron chi connectivity index (χ2n) is 5.43. The Morgan fingerprint density at radius 2 is 1.86 bits per heavy atom. The normalized spacial score (nSPS) is 11.8. The molecule has 0 saturated carbocycles. The van der Waals surface area contributed by atoms with Gasteiger partial charge in [-0.3, -0.25) is 0 Å². The maximum Gasteiger partial charge on any atom is 0.218 e. The molecule has 5 heteroatoms. The molecule has 0 spiro atoms. The van der Waals surface area contributed by atoms with Crippen LogP contribution in [-0.2, 0) is 0 Å². The number of halogens is 1. The van der Waals surface area contributed by atoms with Crippen molar-refractivity contribution in [1.82, 2.24) is 4.98 Å². The topological polar surface area (TPSA) is 60.7 Å². The molecule has 3 aromatic rings. The number of azo groups is 1. The van der Waals surface area contributed by atoms with Gasteiger partial charge in [0.25, 0.3) is 0 Å². The Bertz CT molecular complexity index is 852. The van der Waals surface area contributed by atoms with Crippen LogP contribution in [0.3, 0.4) is 0 Å². The summed E-state index contributed by atoms with van der Waals surface area (Å²) in [5.41, 5.74) is 3.01. The third kappa shape index (κ3) is 2.70. The lowest BCUT2D eigenvalue weighted by atomic mass is 10.0. The second kappa shape index (κ2) is 5.81. The molecule has 0 fully saturated rings. The highest BCUT2D eigenvalue weighted by molar-refractivity contribution is 6.32. The molecule has 0 amide bonds. The summed E-state index contributed by atoms with van der Waals surface area (Å²) in [6.07, 6.45) is 0. The van der Waals surface area contributed by atoms with E-state index < -0.39 is 0 Å². The van der Waals surface area contributed by atoms with E-state index in [2.05, 4.69) is 29.1 Å². The zero-order chi connectivity index (χ0) is 15.7. The van der Waals surface area contributed by atoms with Gasteiger partial charge in [-0.15, -0.1) is 10.2 Å². The third-order valence-corrected chi connectivity index (χ3v) is 3.87. The SMILES string of the molecule is CC(C)c1ccc2[nH]c(O)c(N=Nc3ccccc3Cl)c2c1. The molecule has 0 saturated heterocycles. The summed E-state index contributed by atoms with van der Waals surface area (Å²) >= 11 is 6.07. The van der Waals surface area contributed by atoms with Gasteiger partial charge in [-0.25, -0.2) is 0 Å². The number of benzene rings is 2. The lowest BCUT2D eigenvalue weighted by Gasteiger charge is -2.04. The fourth-order valence-electron chi connectivity index (χ4n) is 2.28. The molecule has 22 heavy (non-hydrogen) atoms. The Hall–Kier alpha value is -2.33. The van der Waals surface area contributed by atoms with Crippen LogP contribution in [0, 0.1) is 0 Å². The first-order valence-corrected chi connectivity index (χ1v) is 7.45. The van der Waals surface area contributed by atoms with E-state index in [9.17, 15) is 5.11 Å². The van der Waals surface area contributed by atoms with Crippen molar-refractivity contribution in [3.8, 4) is 5.88 Å². The van der Waals surface area contributed by atoms with E-state index in [1.807, 2.05) is 30.3 Å². The standard InChI is InChI=1S/C17H16ClN3O/c1-10(2)11-7-8-14-12(9-11)16(17(22)19-14)21-20-15-6-4-3-5-13(15)18/h3-10,19,22H,1-2H3. The van der Waals surface area contributed by atoms with Crippen LogP contribution < -0.4 is 0 Å². The summed E-state index contributed by atoms with van der Waals surface area (Å²) in [4.78, 5) is 2.91. The molecule has 1 heterocycles. The number of hydrogen-bond acceptors (Lipinski definition) is 3. The van der Waals surface area contributed by atoms with E-state index in [1.54, 1.807) is 12.1 Å². The van der Waals surface area contributed by atoms with Gasteiger partial charge in [0.1, 0.15) is 5.69 Å². The molecule has 112 valence electrons. The van der Waals surface area contributed by atoms with Crippen LogP contribution in [-0.4, -0.2) is 10.1 Å². The molecule has 0 aliphatic rings. The van der Waals surface area contributed by atoms with Crippen molar-refractivity contribution >= 4 is 33.9 Å². The van der Waals surface area contributed by atoms with Gasteiger partial charge in [0.05, 0.1) is 10.5 Å². The Labute approximate surface area is 133 Å². The zero-order valence-corrected chi connectivity index (χ0v) is 13.1. The highest BCUT2D eigenvalue weighted by atomic mass is 35.5. The first kappa shape index (κ1) is 14.6.